The van der Waals surface area contributed by atoms with Gasteiger partial charge in [-0.05, 0) is 31.5 Å². The summed E-state index contributed by atoms with van der Waals surface area (Å²) in [5.74, 6) is -1.31. The highest BCUT2D eigenvalue weighted by Gasteiger charge is 2.49. The number of benzene rings is 1. The number of carbonyl (C=O) groups is 4. The Morgan fingerprint density at radius 3 is 2.53 bits per heavy atom. The van der Waals surface area contributed by atoms with Gasteiger partial charge in [-0.1, -0.05) is 0 Å². The second-order valence-corrected chi connectivity index (χ2v) is 6.74. The van der Waals surface area contributed by atoms with E-state index in [9.17, 15) is 29.3 Å². The molecule has 0 spiro atoms. The van der Waals surface area contributed by atoms with Crippen LogP contribution in [0.25, 0.3) is 0 Å². The molecule has 1 fully saturated rings. The quantitative estimate of drug-likeness (QED) is 0.263. The maximum absolute atomic E-state index is 13.1. The van der Waals surface area contributed by atoms with Crippen LogP contribution in [0, 0.1) is 10.1 Å². The molecule has 1 unspecified atom stereocenters. The molecule has 1 aromatic carbocycles. The first kappa shape index (κ1) is 20.8. The molecule has 0 aliphatic carbocycles. The van der Waals surface area contributed by atoms with Gasteiger partial charge in [-0.15, -0.1) is 0 Å². The van der Waals surface area contributed by atoms with E-state index in [2.05, 4.69) is 16.0 Å². The summed E-state index contributed by atoms with van der Waals surface area (Å²) in [6.07, 6.45) is 0. The maximum atomic E-state index is 13.1. The van der Waals surface area contributed by atoms with Crippen LogP contribution in [0.15, 0.2) is 35.5 Å². The third-order valence-corrected chi connectivity index (χ3v) is 4.82. The van der Waals surface area contributed by atoms with Crippen LogP contribution in [0.3, 0.4) is 0 Å². The van der Waals surface area contributed by atoms with Gasteiger partial charge in [0.25, 0.3) is 11.6 Å². The van der Waals surface area contributed by atoms with Crippen molar-refractivity contribution in [1.29, 1.82) is 0 Å². The van der Waals surface area contributed by atoms with Crippen LogP contribution in [-0.4, -0.2) is 53.5 Å². The van der Waals surface area contributed by atoms with E-state index in [1.807, 2.05) is 0 Å². The molecule has 1 saturated heterocycles. The predicted molar refractivity (Wildman–Crippen MR) is 101 cm³/mol. The van der Waals surface area contributed by atoms with E-state index < -0.39 is 34.4 Å². The van der Waals surface area contributed by atoms with E-state index in [0.29, 0.717) is 5.56 Å². The Bertz CT molecular complexity index is 972. The number of hydrogen-bond donors (Lipinski definition) is 3. The minimum Gasteiger partial charge on any atom is -0.463 e. The first-order valence-electron chi connectivity index (χ1n) is 9.00. The van der Waals surface area contributed by atoms with Crippen molar-refractivity contribution in [2.24, 2.45) is 0 Å². The fraction of sp³-hybridized carbons (Fsp3) is 0.333. The summed E-state index contributed by atoms with van der Waals surface area (Å²) in [6, 6.07) is 3.92. The lowest BCUT2D eigenvalue weighted by molar-refractivity contribution is -0.384. The first-order valence-corrected chi connectivity index (χ1v) is 9.00. The van der Waals surface area contributed by atoms with Gasteiger partial charge in [-0.3, -0.25) is 19.8 Å². The number of hydrogen-bond acceptors (Lipinski definition) is 7. The minimum absolute atomic E-state index is 0.0775. The van der Waals surface area contributed by atoms with Crippen molar-refractivity contribution in [3.05, 3.63) is 51.2 Å². The number of carbonyl (C=O) groups excluding carboxylic acids is 4. The van der Waals surface area contributed by atoms with Gasteiger partial charge < -0.3 is 20.7 Å². The standard InChI is InChI=1S/C18H19N5O7/c1-3-30-14(24)12-8-19-16(26)20-13(12)9-22-15(25)18(2,21-17(22)27)10-4-6-11(7-5-10)23(28)29/h4-7H,3,8-9H2,1-2H3,(H,21,27)(H2,19,20,26). The zero-order chi connectivity index (χ0) is 22.1. The normalized spacial score (nSPS) is 21.1. The molecular weight excluding hydrogens is 398 g/mol. The molecular formula is C18H19N5O7. The molecule has 2 heterocycles. The molecule has 30 heavy (non-hydrogen) atoms. The lowest BCUT2D eigenvalue weighted by Crippen LogP contribution is -2.48. The number of nitro groups is 1. The lowest BCUT2D eigenvalue weighted by atomic mass is 9.92. The predicted octanol–water partition coefficient (Wildman–Crippen LogP) is 0.492. The van der Waals surface area contributed by atoms with E-state index >= 15 is 0 Å². The van der Waals surface area contributed by atoms with Crippen LogP contribution >= 0.6 is 0 Å². The van der Waals surface area contributed by atoms with E-state index in [1.165, 1.54) is 31.2 Å². The topological polar surface area (TPSA) is 160 Å². The number of imide groups is 1. The lowest BCUT2D eigenvalue weighted by Gasteiger charge is -2.25. The number of nitrogens with one attached hydrogen (secondary N) is 3. The van der Waals surface area contributed by atoms with Crippen LogP contribution in [0.1, 0.15) is 19.4 Å². The van der Waals surface area contributed by atoms with Crippen molar-refractivity contribution in [2.45, 2.75) is 19.4 Å². The van der Waals surface area contributed by atoms with Gasteiger partial charge in [0.05, 0.1) is 35.9 Å². The molecule has 3 N–H and O–H groups in total. The van der Waals surface area contributed by atoms with Gasteiger partial charge in [0.2, 0.25) is 0 Å². The molecule has 1 aromatic rings. The molecule has 158 valence electrons. The van der Waals surface area contributed by atoms with Crippen molar-refractivity contribution in [3.63, 3.8) is 0 Å². The fourth-order valence-electron chi connectivity index (χ4n) is 3.19. The van der Waals surface area contributed by atoms with Crippen molar-refractivity contribution in [3.8, 4) is 0 Å². The zero-order valence-electron chi connectivity index (χ0n) is 16.2. The highest BCUT2D eigenvalue weighted by Crippen LogP contribution is 2.30. The molecule has 0 bridgehead atoms. The summed E-state index contributed by atoms with van der Waals surface area (Å²) in [6.45, 7) is 2.75. The monoisotopic (exact) mass is 417 g/mol. The second-order valence-electron chi connectivity index (χ2n) is 6.74. The summed E-state index contributed by atoms with van der Waals surface area (Å²) in [5, 5.41) is 18.3. The van der Waals surface area contributed by atoms with Crippen LogP contribution in [0.4, 0.5) is 15.3 Å². The summed E-state index contributed by atoms with van der Waals surface area (Å²) in [4.78, 5) is 60.6. The molecule has 3 rings (SSSR count). The largest absolute Gasteiger partial charge is 0.463 e. The van der Waals surface area contributed by atoms with Crippen molar-refractivity contribution < 1.29 is 28.8 Å². The molecule has 5 amide bonds. The molecule has 0 aromatic heterocycles. The number of non-ortho nitro benzene ring substituents is 1. The fourth-order valence-corrected chi connectivity index (χ4v) is 3.19. The summed E-state index contributed by atoms with van der Waals surface area (Å²) in [5.41, 5.74) is -1.09. The maximum Gasteiger partial charge on any atom is 0.337 e. The summed E-state index contributed by atoms with van der Waals surface area (Å²) in [7, 11) is 0. The number of nitro benzene ring substituents is 1. The van der Waals surface area contributed by atoms with Crippen molar-refractivity contribution in [2.75, 3.05) is 19.7 Å². The molecule has 1 atom stereocenters. The molecule has 2 aliphatic heterocycles. The van der Waals surface area contributed by atoms with Crippen LogP contribution in [0.2, 0.25) is 0 Å². The van der Waals surface area contributed by atoms with Gasteiger partial charge in [0.1, 0.15) is 5.54 Å². The molecule has 2 aliphatic rings. The van der Waals surface area contributed by atoms with E-state index in [0.717, 1.165) is 4.90 Å². The smallest absolute Gasteiger partial charge is 0.337 e. The average Bonchev–Trinajstić information content (AvgIpc) is 2.92. The van der Waals surface area contributed by atoms with E-state index in [4.69, 9.17) is 4.74 Å². The Morgan fingerprint density at radius 2 is 1.93 bits per heavy atom. The summed E-state index contributed by atoms with van der Waals surface area (Å²) < 4.78 is 4.96. The molecule has 12 heteroatoms. The van der Waals surface area contributed by atoms with Crippen LogP contribution in [-0.2, 0) is 19.9 Å². The zero-order valence-corrected chi connectivity index (χ0v) is 16.2. The second kappa shape index (κ2) is 7.81. The minimum atomic E-state index is -1.46. The highest BCUT2D eigenvalue weighted by molar-refractivity contribution is 6.07. The number of urea groups is 2. The Hall–Kier alpha value is -3.96. The van der Waals surface area contributed by atoms with E-state index in [1.54, 1.807) is 6.92 Å². The number of rotatable bonds is 6. The van der Waals surface area contributed by atoms with Crippen LogP contribution < -0.4 is 16.0 Å². The third kappa shape index (κ3) is 3.66. The molecule has 0 saturated carbocycles. The number of nitrogens with zero attached hydrogens (tertiary/aromatic N) is 2. The van der Waals surface area contributed by atoms with Gasteiger partial charge in [-0.25, -0.2) is 14.4 Å². The number of esters is 1. The Labute approximate surface area is 170 Å². The van der Waals surface area contributed by atoms with E-state index in [-0.39, 0.29) is 36.7 Å². The molecule has 0 radical (unpaired) electrons. The van der Waals surface area contributed by atoms with Gasteiger partial charge in [0, 0.05) is 12.1 Å². The van der Waals surface area contributed by atoms with Crippen molar-refractivity contribution in [1.82, 2.24) is 20.9 Å². The number of ether oxygens (including phenoxy) is 1. The van der Waals surface area contributed by atoms with Gasteiger partial charge in [-0.2, -0.15) is 0 Å². The Morgan fingerprint density at radius 1 is 1.27 bits per heavy atom. The average molecular weight is 417 g/mol. The van der Waals surface area contributed by atoms with Gasteiger partial charge in [0.15, 0.2) is 0 Å². The van der Waals surface area contributed by atoms with Crippen LogP contribution in [0.5, 0.6) is 0 Å². The van der Waals surface area contributed by atoms with Gasteiger partial charge >= 0.3 is 18.0 Å². The van der Waals surface area contributed by atoms with Crippen molar-refractivity contribution >= 4 is 29.6 Å². The molecule has 12 nitrogen and oxygen atoms in total. The first-order chi connectivity index (χ1) is 14.2. The SMILES string of the molecule is CCOC(=O)C1=C(CN2C(=O)NC(C)(c3ccc([N+](=O)[O-])cc3)C2=O)NC(=O)NC1. The highest BCUT2D eigenvalue weighted by atomic mass is 16.6. The summed E-state index contributed by atoms with van der Waals surface area (Å²) >= 11 is 0. The Balaban J connectivity index is 1.89. The third-order valence-electron chi connectivity index (χ3n) is 4.82. The number of amides is 5. The Kier molecular flexibility index (Phi) is 5.41.